The first kappa shape index (κ1) is 16.6. The molecule has 3 heteroatoms. The molecule has 0 amide bonds. The molecule has 2 aromatic carbocycles. The van der Waals surface area contributed by atoms with Gasteiger partial charge in [0, 0.05) is 19.9 Å². The van der Waals surface area contributed by atoms with Crippen LogP contribution in [0, 0.1) is 0 Å². The van der Waals surface area contributed by atoms with Crippen LogP contribution in [0.4, 0.5) is 0 Å². The summed E-state index contributed by atoms with van der Waals surface area (Å²) in [5.74, 6) is 0.875. The Kier molecular flexibility index (Phi) is 5.55. The van der Waals surface area contributed by atoms with Crippen LogP contribution >= 0.6 is 0 Å². The van der Waals surface area contributed by atoms with Gasteiger partial charge in [-0.25, -0.2) is 0 Å². The maximum atomic E-state index is 5.61. The molecule has 2 aromatic rings. The molecule has 1 N–H and O–H groups in total. The van der Waals surface area contributed by atoms with Crippen LogP contribution in [0.2, 0.25) is 0 Å². The van der Waals surface area contributed by atoms with Crippen molar-refractivity contribution in [1.29, 1.82) is 0 Å². The summed E-state index contributed by atoms with van der Waals surface area (Å²) < 4.78 is 10.6. The summed E-state index contributed by atoms with van der Waals surface area (Å²) >= 11 is 0. The number of ether oxygens (including phenoxy) is 2. The molecule has 0 spiro atoms. The van der Waals surface area contributed by atoms with Gasteiger partial charge in [0.05, 0.1) is 6.61 Å². The quantitative estimate of drug-likeness (QED) is 0.761. The fourth-order valence-electron chi connectivity index (χ4n) is 2.94. The van der Waals surface area contributed by atoms with Gasteiger partial charge >= 0.3 is 0 Å². The van der Waals surface area contributed by atoms with Gasteiger partial charge in [0.1, 0.15) is 12.4 Å². The third-order valence-corrected chi connectivity index (χ3v) is 4.48. The van der Waals surface area contributed by atoms with Crippen molar-refractivity contribution in [2.24, 2.45) is 0 Å². The average molecular weight is 323 g/mol. The number of rotatable bonds is 7. The van der Waals surface area contributed by atoms with Crippen molar-refractivity contribution in [3.63, 3.8) is 0 Å². The SMILES string of the molecule is CNC(=C1CCC1)c1ccc(-c2ccc(OCCOC)cc2)cc1. The van der Waals surface area contributed by atoms with E-state index >= 15 is 0 Å². The number of allylic oxidation sites excluding steroid dienone is 1. The third kappa shape index (κ3) is 3.80. The normalized spacial score (nSPS) is 13.3. The molecule has 3 rings (SSSR count). The summed E-state index contributed by atoms with van der Waals surface area (Å²) in [4.78, 5) is 0. The zero-order valence-electron chi connectivity index (χ0n) is 14.5. The lowest BCUT2D eigenvalue weighted by molar-refractivity contribution is 0.146. The second kappa shape index (κ2) is 8.02. The molecule has 1 aliphatic carbocycles. The molecule has 0 aliphatic heterocycles. The van der Waals surface area contributed by atoms with E-state index in [-0.39, 0.29) is 0 Å². The molecule has 1 fully saturated rings. The molecule has 0 heterocycles. The predicted molar refractivity (Wildman–Crippen MR) is 99.1 cm³/mol. The highest BCUT2D eigenvalue weighted by molar-refractivity contribution is 5.72. The zero-order valence-corrected chi connectivity index (χ0v) is 14.5. The highest BCUT2D eigenvalue weighted by Crippen LogP contribution is 2.32. The number of benzene rings is 2. The van der Waals surface area contributed by atoms with E-state index in [4.69, 9.17) is 9.47 Å². The molecule has 0 bridgehead atoms. The van der Waals surface area contributed by atoms with Crippen LogP contribution in [0.15, 0.2) is 54.1 Å². The largest absolute Gasteiger partial charge is 0.491 e. The van der Waals surface area contributed by atoms with Crippen molar-refractivity contribution in [2.75, 3.05) is 27.4 Å². The molecular formula is C21H25NO2. The number of hydrogen-bond donors (Lipinski definition) is 1. The van der Waals surface area contributed by atoms with E-state index in [0.29, 0.717) is 13.2 Å². The summed E-state index contributed by atoms with van der Waals surface area (Å²) in [5.41, 5.74) is 6.53. The Morgan fingerprint density at radius 1 is 0.917 bits per heavy atom. The molecule has 3 nitrogen and oxygen atoms in total. The smallest absolute Gasteiger partial charge is 0.119 e. The van der Waals surface area contributed by atoms with Gasteiger partial charge in [0.25, 0.3) is 0 Å². The van der Waals surface area contributed by atoms with Crippen LogP contribution in [-0.2, 0) is 4.74 Å². The van der Waals surface area contributed by atoms with E-state index in [1.807, 2.05) is 19.2 Å². The van der Waals surface area contributed by atoms with E-state index < -0.39 is 0 Å². The third-order valence-electron chi connectivity index (χ3n) is 4.48. The molecule has 24 heavy (non-hydrogen) atoms. The van der Waals surface area contributed by atoms with Crippen molar-refractivity contribution < 1.29 is 9.47 Å². The second-order valence-electron chi connectivity index (χ2n) is 6.03. The van der Waals surface area contributed by atoms with Crippen molar-refractivity contribution in [1.82, 2.24) is 5.32 Å². The van der Waals surface area contributed by atoms with Gasteiger partial charge in [-0.05, 0) is 53.7 Å². The van der Waals surface area contributed by atoms with Gasteiger partial charge in [-0.1, -0.05) is 36.4 Å². The van der Waals surface area contributed by atoms with Gasteiger partial charge in [0.15, 0.2) is 0 Å². The van der Waals surface area contributed by atoms with Crippen LogP contribution in [0.25, 0.3) is 16.8 Å². The minimum Gasteiger partial charge on any atom is -0.491 e. The molecule has 1 aliphatic rings. The Morgan fingerprint density at radius 2 is 1.54 bits per heavy atom. The lowest BCUT2D eigenvalue weighted by atomic mass is 9.88. The van der Waals surface area contributed by atoms with Gasteiger partial charge in [0.2, 0.25) is 0 Å². The maximum absolute atomic E-state index is 5.61. The highest BCUT2D eigenvalue weighted by atomic mass is 16.5. The lowest BCUT2D eigenvalue weighted by Crippen LogP contribution is -2.12. The fourth-order valence-corrected chi connectivity index (χ4v) is 2.94. The minimum atomic E-state index is 0.575. The van der Waals surface area contributed by atoms with Gasteiger partial charge in [-0.15, -0.1) is 0 Å². The summed E-state index contributed by atoms with van der Waals surface area (Å²) in [5, 5.41) is 3.36. The zero-order chi connectivity index (χ0) is 16.8. The molecule has 0 radical (unpaired) electrons. The first-order valence-electron chi connectivity index (χ1n) is 8.54. The number of nitrogens with one attached hydrogen (secondary N) is 1. The van der Waals surface area contributed by atoms with Crippen LogP contribution in [0.1, 0.15) is 24.8 Å². The highest BCUT2D eigenvalue weighted by Gasteiger charge is 2.15. The van der Waals surface area contributed by atoms with E-state index in [9.17, 15) is 0 Å². The summed E-state index contributed by atoms with van der Waals surface area (Å²) in [6.45, 7) is 1.18. The lowest BCUT2D eigenvalue weighted by Gasteiger charge is -2.22. The van der Waals surface area contributed by atoms with E-state index in [0.717, 1.165) is 5.75 Å². The maximum Gasteiger partial charge on any atom is 0.119 e. The molecular weight excluding hydrogens is 298 g/mol. The van der Waals surface area contributed by atoms with Gasteiger partial charge in [-0.2, -0.15) is 0 Å². The van der Waals surface area contributed by atoms with Crippen LogP contribution < -0.4 is 10.1 Å². The van der Waals surface area contributed by atoms with Gasteiger partial charge in [-0.3, -0.25) is 0 Å². The Labute approximate surface area is 144 Å². The van der Waals surface area contributed by atoms with Gasteiger partial charge < -0.3 is 14.8 Å². The fraction of sp³-hybridized carbons (Fsp3) is 0.333. The summed E-state index contributed by atoms with van der Waals surface area (Å²) in [6, 6.07) is 17.0. The number of hydrogen-bond acceptors (Lipinski definition) is 3. The van der Waals surface area contributed by atoms with Crippen LogP contribution in [-0.4, -0.2) is 27.4 Å². The monoisotopic (exact) mass is 323 g/mol. The Bertz CT molecular complexity index is 681. The number of methoxy groups -OCH3 is 1. The van der Waals surface area contributed by atoms with E-state index in [1.54, 1.807) is 12.7 Å². The molecule has 0 saturated heterocycles. The molecule has 126 valence electrons. The molecule has 0 atom stereocenters. The van der Waals surface area contributed by atoms with Crippen molar-refractivity contribution in [3.05, 3.63) is 59.7 Å². The van der Waals surface area contributed by atoms with E-state index in [1.165, 1.54) is 41.6 Å². The summed E-state index contributed by atoms with van der Waals surface area (Å²) in [7, 11) is 3.69. The Balaban J connectivity index is 1.71. The minimum absolute atomic E-state index is 0.575. The van der Waals surface area contributed by atoms with Crippen molar-refractivity contribution in [3.8, 4) is 16.9 Å². The second-order valence-corrected chi connectivity index (χ2v) is 6.03. The molecule has 0 aromatic heterocycles. The van der Waals surface area contributed by atoms with Crippen LogP contribution in [0.3, 0.4) is 0 Å². The average Bonchev–Trinajstić information content (AvgIpc) is 2.59. The Morgan fingerprint density at radius 3 is 2.04 bits per heavy atom. The first-order chi connectivity index (χ1) is 11.8. The van der Waals surface area contributed by atoms with Crippen molar-refractivity contribution in [2.45, 2.75) is 19.3 Å². The Hall–Kier alpha value is -2.26. The topological polar surface area (TPSA) is 30.5 Å². The van der Waals surface area contributed by atoms with Crippen molar-refractivity contribution >= 4 is 5.70 Å². The predicted octanol–water partition coefficient (Wildman–Crippen LogP) is 4.49. The molecule has 0 unspecified atom stereocenters. The summed E-state index contributed by atoms with van der Waals surface area (Å²) in [6.07, 6.45) is 3.77. The van der Waals surface area contributed by atoms with Crippen LogP contribution in [0.5, 0.6) is 5.75 Å². The molecule has 1 saturated carbocycles. The van der Waals surface area contributed by atoms with E-state index in [2.05, 4.69) is 41.7 Å². The first-order valence-corrected chi connectivity index (χ1v) is 8.54. The standard InChI is InChI=1S/C21H25NO2/c1-22-21(18-4-3-5-18)19-8-6-16(7-9-19)17-10-12-20(13-11-17)24-15-14-23-2/h6-13,22H,3-5,14-15H2,1-2H3.